The maximum Gasteiger partial charge on any atom is 0.311 e. The average molecular weight is 244 g/mol. The lowest BCUT2D eigenvalue weighted by molar-refractivity contribution is -0.154. The van der Waals surface area contributed by atoms with E-state index >= 15 is 0 Å². The van der Waals surface area contributed by atoms with Gasteiger partial charge in [-0.3, -0.25) is 4.79 Å². The van der Waals surface area contributed by atoms with Crippen molar-refractivity contribution in [2.45, 2.75) is 53.4 Å². The Morgan fingerprint density at radius 3 is 2.47 bits per heavy atom. The van der Waals surface area contributed by atoms with Gasteiger partial charge in [-0.25, -0.2) is 0 Å². The summed E-state index contributed by atoms with van der Waals surface area (Å²) in [5.74, 6) is 0.507. The Labute approximate surface area is 106 Å². The van der Waals surface area contributed by atoms with Crippen LogP contribution in [-0.2, 0) is 14.3 Å². The largest absolute Gasteiger partial charge is 0.465 e. The normalized spacial score (nSPS) is 13.5. The van der Waals surface area contributed by atoms with E-state index in [0.717, 1.165) is 32.3 Å². The zero-order valence-corrected chi connectivity index (χ0v) is 12.0. The Balaban J connectivity index is 3.55. The summed E-state index contributed by atoms with van der Waals surface area (Å²) in [5, 5.41) is 0. The van der Waals surface area contributed by atoms with E-state index in [1.54, 1.807) is 7.11 Å². The number of methoxy groups -OCH3 is 1. The van der Waals surface area contributed by atoms with Gasteiger partial charge in [0.2, 0.25) is 0 Å². The molecule has 0 fully saturated rings. The molecule has 0 aromatic carbocycles. The number of unbranched alkanes of at least 4 members (excludes halogenated alkanes) is 1. The Hall–Kier alpha value is -0.570. The number of carbonyl (C=O) groups is 1. The fourth-order valence-electron chi connectivity index (χ4n) is 1.47. The van der Waals surface area contributed by atoms with E-state index in [4.69, 9.17) is 9.47 Å². The highest BCUT2D eigenvalue weighted by Crippen LogP contribution is 2.21. The highest BCUT2D eigenvalue weighted by atomic mass is 16.5. The van der Waals surface area contributed by atoms with Crippen molar-refractivity contribution in [3.05, 3.63) is 0 Å². The first-order chi connectivity index (χ1) is 7.94. The van der Waals surface area contributed by atoms with Crippen LogP contribution in [-0.4, -0.2) is 26.3 Å². The predicted molar refractivity (Wildman–Crippen MR) is 69.9 cm³/mol. The van der Waals surface area contributed by atoms with Gasteiger partial charge < -0.3 is 9.47 Å². The second-order valence-corrected chi connectivity index (χ2v) is 5.43. The smallest absolute Gasteiger partial charge is 0.311 e. The molecule has 0 spiro atoms. The van der Waals surface area contributed by atoms with E-state index in [-0.39, 0.29) is 11.4 Å². The summed E-state index contributed by atoms with van der Waals surface area (Å²) >= 11 is 0. The van der Waals surface area contributed by atoms with Crippen molar-refractivity contribution in [1.29, 1.82) is 0 Å². The fourth-order valence-corrected chi connectivity index (χ4v) is 1.47. The van der Waals surface area contributed by atoms with Gasteiger partial charge in [0, 0.05) is 13.7 Å². The third kappa shape index (κ3) is 7.37. The van der Waals surface area contributed by atoms with Crippen molar-refractivity contribution in [2.75, 3.05) is 20.3 Å². The van der Waals surface area contributed by atoms with E-state index < -0.39 is 0 Å². The molecular weight excluding hydrogens is 216 g/mol. The van der Waals surface area contributed by atoms with Crippen molar-refractivity contribution in [3.8, 4) is 0 Å². The molecule has 0 saturated heterocycles. The quantitative estimate of drug-likeness (QED) is 0.460. The summed E-state index contributed by atoms with van der Waals surface area (Å²) in [6.07, 6.45) is 3.98. The van der Waals surface area contributed by atoms with Crippen LogP contribution >= 0.6 is 0 Å². The molecule has 3 nitrogen and oxygen atoms in total. The number of hydrogen-bond acceptors (Lipinski definition) is 3. The highest BCUT2D eigenvalue weighted by molar-refractivity contribution is 5.75. The highest BCUT2D eigenvalue weighted by Gasteiger charge is 2.26. The molecule has 102 valence electrons. The molecule has 0 rings (SSSR count). The molecule has 0 bridgehead atoms. The molecule has 0 amide bonds. The molecule has 0 heterocycles. The molecule has 0 N–H and O–H groups in total. The van der Waals surface area contributed by atoms with Crippen LogP contribution in [0, 0.1) is 11.3 Å². The van der Waals surface area contributed by atoms with Crippen molar-refractivity contribution in [1.82, 2.24) is 0 Å². The van der Waals surface area contributed by atoms with Crippen LogP contribution in [0.2, 0.25) is 0 Å². The van der Waals surface area contributed by atoms with E-state index in [9.17, 15) is 4.79 Å². The zero-order valence-electron chi connectivity index (χ0n) is 12.0. The molecular formula is C14H28O3. The van der Waals surface area contributed by atoms with Crippen molar-refractivity contribution >= 4 is 5.97 Å². The summed E-state index contributed by atoms with van der Waals surface area (Å²) < 4.78 is 10.3. The van der Waals surface area contributed by atoms with E-state index in [0.29, 0.717) is 12.5 Å². The van der Waals surface area contributed by atoms with Crippen LogP contribution in [0.25, 0.3) is 0 Å². The molecule has 3 heteroatoms. The monoisotopic (exact) mass is 244 g/mol. The first kappa shape index (κ1) is 16.4. The molecule has 0 saturated carbocycles. The molecule has 0 radical (unpaired) electrons. The van der Waals surface area contributed by atoms with Gasteiger partial charge in [-0.05, 0) is 45.4 Å². The van der Waals surface area contributed by atoms with Crippen LogP contribution < -0.4 is 0 Å². The molecule has 0 aliphatic carbocycles. The number of ether oxygens (including phenoxy) is 2. The molecule has 0 aliphatic rings. The Kier molecular flexibility index (Phi) is 8.23. The fraction of sp³-hybridized carbons (Fsp3) is 0.929. The zero-order chi connectivity index (χ0) is 13.3. The minimum Gasteiger partial charge on any atom is -0.465 e. The first-order valence-electron chi connectivity index (χ1n) is 6.60. The van der Waals surface area contributed by atoms with Crippen LogP contribution in [0.5, 0.6) is 0 Å². The van der Waals surface area contributed by atoms with Gasteiger partial charge in [-0.15, -0.1) is 0 Å². The molecule has 1 atom stereocenters. The Morgan fingerprint density at radius 2 is 1.94 bits per heavy atom. The minimum atomic E-state index is -0.344. The molecule has 0 aromatic rings. The van der Waals surface area contributed by atoms with Crippen molar-refractivity contribution in [2.24, 2.45) is 11.3 Å². The lowest BCUT2D eigenvalue weighted by atomic mass is 9.91. The molecule has 1 unspecified atom stereocenters. The minimum absolute atomic E-state index is 0.0788. The van der Waals surface area contributed by atoms with Crippen LogP contribution in [0.15, 0.2) is 0 Å². The van der Waals surface area contributed by atoms with Gasteiger partial charge in [-0.2, -0.15) is 0 Å². The van der Waals surface area contributed by atoms with Gasteiger partial charge in [0.05, 0.1) is 12.0 Å². The average Bonchev–Trinajstić information content (AvgIpc) is 2.28. The third-order valence-electron chi connectivity index (χ3n) is 3.21. The summed E-state index contributed by atoms with van der Waals surface area (Å²) in [6.45, 7) is 9.39. The maximum absolute atomic E-state index is 11.7. The van der Waals surface area contributed by atoms with Crippen LogP contribution in [0.4, 0.5) is 0 Å². The molecule has 0 aromatic heterocycles. The standard InChI is InChI=1S/C14H28O3/c1-6-14(3,4)13(15)17-10-8-7-9-12(2)11-16-5/h12H,6-11H2,1-5H3. The molecule has 0 aliphatic heterocycles. The Bertz CT molecular complexity index is 212. The summed E-state index contributed by atoms with van der Waals surface area (Å²) in [5.41, 5.74) is -0.344. The van der Waals surface area contributed by atoms with Crippen molar-refractivity contribution < 1.29 is 14.3 Å². The Morgan fingerprint density at radius 1 is 1.29 bits per heavy atom. The van der Waals surface area contributed by atoms with Crippen molar-refractivity contribution in [3.63, 3.8) is 0 Å². The number of rotatable bonds is 9. The topological polar surface area (TPSA) is 35.5 Å². The van der Waals surface area contributed by atoms with Gasteiger partial charge in [-0.1, -0.05) is 13.8 Å². The molecule has 17 heavy (non-hydrogen) atoms. The maximum atomic E-state index is 11.7. The SMILES string of the molecule is CCC(C)(C)C(=O)OCCCCC(C)COC. The van der Waals surface area contributed by atoms with Gasteiger partial charge in [0.15, 0.2) is 0 Å². The number of esters is 1. The van der Waals surface area contributed by atoms with Gasteiger partial charge in [0.25, 0.3) is 0 Å². The second-order valence-electron chi connectivity index (χ2n) is 5.43. The number of carbonyl (C=O) groups excluding carboxylic acids is 1. The summed E-state index contributed by atoms with van der Waals surface area (Å²) in [6, 6.07) is 0. The number of hydrogen-bond donors (Lipinski definition) is 0. The predicted octanol–water partition coefficient (Wildman–Crippen LogP) is 3.42. The van der Waals surface area contributed by atoms with Crippen LogP contribution in [0.3, 0.4) is 0 Å². The third-order valence-corrected chi connectivity index (χ3v) is 3.21. The van der Waals surface area contributed by atoms with E-state index in [1.807, 2.05) is 20.8 Å². The van der Waals surface area contributed by atoms with E-state index in [2.05, 4.69) is 6.92 Å². The summed E-state index contributed by atoms with van der Waals surface area (Å²) in [7, 11) is 1.73. The van der Waals surface area contributed by atoms with Crippen LogP contribution in [0.1, 0.15) is 53.4 Å². The first-order valence-corrected chi connectivity index (χ1v) is 6.60. The second kappa shape index (κ2) is 8.51. The summed E-state index contributed by atoms with van der Waals surface area (Å²) in [4.78, 5) is 11.7. The lowest BCUT2D eigenvalue weighted by Crippen LogP contribution is -2.26. The van der Waals surface area contributed by atoms with E-state index in [1.165, 1.54) is 0 Å². The van der Waals surface area contributed by atoms with Gasteiger partial charge in [0.1, 0.15) is 0 Å². The van der Waals surface area contributed by atoms with Gasteiger partial charge >= 0.3 is 5.97 Å². The lowest BCUT2D eigenvalue weighted by Gasteiger charge is -2.20.